The number of ether oxygens (including phenoxy) is 1. The van der Waals surface area contributed by atoms with E-state index in [9.17, 15) is 19.5 Å². The highest BCUT2D eigenvalue weighted by Crippen LogP contribution is 2.35. The minimum absolute atomic E-state index is 0.232. The van der Waals surface area contributed by atoms with E-state index in [1.54, 1.807) is 44.2 Å². The fourth-order valence-electron chi connectivity index (χ4n) is 3.02. The monoisotopic (exact) mass is 470 g/mol. The Labute approximate surface area is 194 Å². The fraction of sp³-hybridized carbons (Fsp3) is 0.217. The van der Waals surface area contributed by atoms with Gasteiger partial charge < -0.3 is 20.1 Å². The van der Waals surface area contributed by atoms with Gasteiger partial charge in [-0.05, 0) is 61.0 Å². The highest BCUT2D eigenvalue weighted by atomic mass is 32.2. The topological polar surface area (TPSA) is 137 Å². The molecule has 2 aromatic rings. The number of thioether (sulfide) groups is 1. The van der Waals surface area contributed by atoms with Gasteiger partial charge in [-0.1, -0.05) is 19.1 Å². The van der Waals surface area contributed by atoms with Crippen molar-refractivity contribution in [2.75, 3.05) is 6.54 Å². The number of benzene rings is 2. The van der Waals surface area contributed by atoms with Crippen LogP contribution in [0.2, 0.25) is 0 Å². The van der Waals surface area contributed by atoms with Crippen molar-refractivity contribution in [2.24, 2.45) is 4.99 Å². The van der Waals surface area contributed by atoms with Gasteiger partial charge in [0.25, 0.3) is 5.91 Å². The average Bonchev–Trinajstić information content (AvgIpc) is 3.06. The van der Waals surface area contributed by atoms with Crippen molar-refractivity contribution in [3.63, 3.8) is 0 Å². The van der Waals surface area contributed by atoms with Crippen LogP contribution in [0, 0.1) is 0 Å². The third-order valence-electron chi connectivity index (χ3n) is 4.74. The van der Waals surface area contributed by atoms with E-state index in [-0.39, 0.29) is 11.5 Å². The van der Waals surface area contributed by atoms with Gasteiger partial charge in [0, 0.05) is 12.6 Å². The predicted molar refractivity (Wildman–Crippen MR) is 124 cm³/mol. The Kier molecular flexibility index (Phi) is 7.39. The first-order valence-corrected chi connectivity index (χ1v) is 10.9. The Balaban J connectivity index is 1.82. The molecule has 1 saturated heterocycles. The molecule has 172 valence electrons. The lowest BCUT2D eigenvalue weighted by molar-refractivity contribution is -0.145. The minimum atomic E-state index is -1.25. The summed E-state index contributed by atoms with van der Waals surface area (Å²) in [7, 11) is 0. The molecule has 33 heavy (non-hydrogen) atoms. The summed E-state index contributed by atoms with van der Waals surface area (Å²) < 4.78 is 5.44. The van der Waals surface area contributed by atoms with E-state index in [1.165, 1.54) is 23.1 Å². The Morgan fingerprint density at radius 3 is 2.39 bits per heavy atom. The van der Waals surface area contributed by atoms with Gasteiger partial charge in [-0.25, -0.2) is 14.6 Å². The Hall–Kier alpha value is -3.79. The van der Waals surface area contributed by atoms with Crippen molar-refractivity contribution in [3.05, 3.63) is 58.5 Å². The summed E-state index contributed by atoms with van der Waals surface area (Å²) in [5, 5.41) is 28.4. The van der Waals surface area contributed by atoms with Crippen LogP contribution < -0.4 is 4.74 Å². The van der Waals surface area contributed by atoms with Crippen LogP contribution in [0.1, 0.15) is 36.2 Å². The molecule has 0 spiro atoms. The van der Waals surface area contributed by atoms with Crippen LogP contribution in [0.15, 0.2) is 52.4 Å². The van der Waals surface area contributed by atoms with Gasteiger partial charge in [-0.2, -0.15) is 0 Å². The van der Waals surface area contributed by atoms with E-state index >= 15 is 0 Å². The van der Waals surface area contributed by atoms with Crippen molar-refractivity contribution in [1.82, 2.24) is 4.90 Å². The second-order valence-corrected chi connectivity index (χ2v) is 7.99. The maximum absolute atomic E-state index is 12.8. The van der Waals surface area contributed by atoms with Crippen molar-refractivity contribution < 1.29 is 34.4 Å². The van der Waals surface area contributed by atoms with Crippen molar-refractivity contribution in [2.45, 2.75) is 26.4 Å². The molecule has 0 aliphatic carbocycles. The number of carbonyl (C=O) groups excluding carboxylic acids is 1. The third kappa shape index (κ3) is 5.53. The standard InChI is InChI=1S/C23H22N2O7S/c1-3-18(22(30)31)32-15-8-5-13(6-9-15)11-19-20(27)25(4-2)23(33-19)24-14-7-10-16(21(28)29)17(26)12-14/h5-12,18,26H,3-4H2,1-2H3,(H,28,29)(H,30,31)/b19-11-,24-23?. The number of rotatable bonds is 8. The number of hydrogen-bond acceptors (Lipinski definition) is 7. The van der Waals surface area contributed by atoms with Crippen LogP contribution in [0.4, 0.5) is 5.69 Å². The molecule has 3 rings (SSSR count). The zero-order valence-electron chi connectivity index (χ0n) is 17.9. The summed E-state index contributed by atoms with van der Waals surface area (Å²) in [4.78, 5) is 41.3. The molecule has 1 unspecified atom stereocenters. The second kappa shape index (κ2) is 10.2. The summed E-state index contributed by atoms with van der Waals surface area (Å²) in [6.07, 6.45) is 1.10. The van der Waals surface area contributed by atoms with Crippen molar-refractivity contribution in [1.29, 1.82) is 0 Å². The number of likely N-dealkylation sites (N-methyl/N-ethyl adjacent to an activating group) is 1. The van der Waals surface area contributed by atoms with E-state index in [0.29, 0.717) is 34.5 Å². The van der Waals surface area contributed by atoms with E-state index < -0.39 is 23.8 Å². The summed E-state index contributed by atoms with van der Waals surface area (Å²) in [6, 6.07) is 10.7. The number of nitrogens with zero attached hydrogens (tertiary/aromatic N) is 2. The van der Waals surface area contributed by atoms with E-state index in [1.807, 2.05) is 0 Å². The fourth-order valence-corrected chi connectivity index (χ4v) is 4.08. The lowest BCUT2D eigenvalue weighted by Gasteiger charge is -2.13. The zero-order chi connectivity index (χ0) is 24.1. The quantitative estimate of drug-likeness (QED) is 0.493. The molecule has 2 aromatic carbocycles. The lowest BCUT2D eigenvalue weighted by atomic mass is 10.2. The van der Waals surface area contributed by atoms with Gasteiger partial charge in [0.1, 0.15) is 17.1 Å². The Morgan fingerprint density at radius 1 is 1.15 bits per heavy atom. The smallest absolute Gasteiger partial charge is 0.344 e. The first kappa shape index (κ1) is 23.9. The summed E-state index contributed by atoms with van der Waals surface area (Å²) >= 11 is 1.16. The van der Waals surface area contributed by atoms with Gasteiger partial charge in [-0.3, -0.25) is 9.69 Å². The van der Waals surface area contributed by atoms with E-state index in [4.69, 9.17) is 14.9 Å². The Bertz CT molecular complexity index is 1140. The van der Waals surface area contributed by atoms with Gasteiger partial charge in [0.05, 0.1) is 10.6 Å². The lowest BCUT2D eigenvalue weighted by Crippen LogP contribution is -2.28. The number of carboxylic acid groups (broad SMARTS) is 2. The van der Waals surface area contributed by atoms with Crippen LogP contribution in [-0.2, 0) is 9.59 Å². The number of amides is 1. The second-order valence-electron chi connectivity index (χ2n) is 6.98. The van der Waals surface area contributed by atoms with Crippen LogP contribution in [-0.4, -0.2) is 55.9 Å². The number of aliphatic carboxylic acids is 1. The van der Waals surface area contributed by atoms with Crippen LogP contribution in [0.25, 0.3) is 6.08 Å². The molecule has 9 nitrogen and oxygen atoms in total. The number of amidine groups is 1. The molecule has 1 fully saturated rings. The summed E-state index contributed by atoms with van der Waals surface area (Å²) in [5.74, 6) is -2.51. The van der Waals surface area contributed by atoms with Crippen LogP contribution >= 0.6 is 11.8 Å². The molecule has 1 heterocycles. The van der Waals surface area contributed by atoms with Gasteiger partial charge >= 0.3 is 11.9 Å². The molecule has 1 aliphatic heterocycles. The number of hydrogen-bond donors (Lipinski definition) is 3. The molecule has 0 aromatic heterocycles. The first-order valence-electron chi connectivity index (χ1n) is 10.1. The molecule has 0 radical (unpaired) electrons. The molecule has 0 saturated carbocycles. The summed E-state index contributed by atoms with van der Waals surface area (Å²) in [6.45, 7) is 3.91. The van der Waals surface area contributed by atoms with Crippen molar-refractivity contribution in [3.8, 4) is 11.5 Å². The zero-order valence-corrected chi connectivity index (χ0v) is 18.7. The number of phenols is 1. The molecular formula is C23H22N2O7S. The summed E-state index contributed by atoms with van der Waals surface area (Å²) in [5.41, 5.74) is 0.809. The van der Waals surface area contributed by atoms with Crippen molar-refractivity contribution >= 4 is 46.5 Å². The largest absolute Gasteiger partial charge is 0.507 e. The number of carboxylic acids is 2. The molecular weight excluding hydrogens is 448 g/mol. The first-order chi connectivity index (χ1) is 15.7. The number of aromatic hydroxyl groups is 1. The predicted octanol–water partition coefficient (Wildman–Crippen LogP) is 3.96. The average molecular weight is 471 g/mol. The third-order valence-corrected chi connectivity index (χ3v) is 5.75. The maximum Gasteiger partial charge on any atom is 0.344 e. The minimum Gasteiger partial charge on any atom is -0.507 e. The number of carbonyl (C=O) groups is 3. The van der Waals surface area contributed by atoms with E-state index in [2.05, 4.69) is 4.99 Å². The molecule has 0 bridgehead atoms. The number of aromatic carboxylic acids is 1. The highest BCUT2D eigenvalue weighted by Gasteiger charge is 2.32. The Morgan fingerprint density at radius 2 is 1.85 bits per heavy atom. The molecule has 1 amide bonds. The number of aliphatic imine (C=N–C) groups is 1. The highest BCUT2D eigenvalue weighted by molar-refractivity contribution is 8.18. The molecule has 1 atom stereocenters. The normalized spacial score (nSPS) is 16.9. The van der Waals surface area contributed by atoms with Gasteiger partial charge in [0.15, 0.2) is 11.3 Å². The molecule has 1 aliphatic rings. The SMILES string of the molecule is CCC(Oc1ccc(/C=C2\SC(=Nc3ccc(C(=O)O)c(O)c3)N(CC)C2=O)cc1)C(=O)O. The molecule has 10 heteroatoms. The van der Waals surface area contributed by atoms with Crippen LogP contribution in [0.5, 0.6) is 11.5 Å². The molecule has 3 N–H and O–H groups in total. The van der Waals surface area contributed by atoms with Crippen LogP contribution in [0.3, 0.4) is 0 Å². The van der Waals surface area contributed by atoms with Gasteiger partial charge in [-0.15, -0.1) is 0 Å². The van der Waals surface area contributed by atoms with Gasteiger partial charge in [0.2, 0.25) is 0 Å². The van der Waals surface area contributed by atoms with E-state index in [0.717, 1.165) is 17.3 Å². The maximum atomic E-state index is 12.8.